The van der Waals surface area contributed by atoms with Crippen LogP contribution < -0.4 is 5.32 Å². The summed E-state index contributed by atoms with van der Waals surface area (Å²) in [4.78, 5) is 8.92. The van der Waals surface area contributed by atoms with Crippen LogP contribution in [0.5, 0.6) is 5.75 Å². The van der Waals surface area contributed by atoms with E-state index in [0.717, 1.165) is 16.6 Å². The number of aryl methyl sites for hydroxylation is 2. The second-order valence-electron chi connectivity index (χ2n) is 6.96. The molecule has 0 saturated heterocycles. The molecule has 1 unspecified atom stereocenters. The van der Waals surface area contributed by atoms with Gasteiger partial charge in [0.2, 0.25) is 0 Å². The minimum absolute atomic E-state index is 0.0901. The number of fused-ring (bicyclic) bond motifs is 1. The lowest BCUT2D eigenvalue weighted by molar-refractivity contribution is 0.471. The summed E-state index contributed by atoms with van der Waals surface area (Å²) in [7, 11) is 0. The van der Waals surface area contributed by atoms with E-state index in [-0.39, 0.29) is 5.75 Å². The first-order valence-corrected chi connectivity index (χ1v) is 9.92. The predicted molar refractivity (Wildman–Crippen MR) is 119 cm³/mol. The second-order valence-corrected chi connectivity index (χ2v) is 7.77. The number of aromatic nitrogens is 2. The van der Waals surface area contributed by atoms with Gasteiger partial charge in [-0.1, -0.05) is 47.5 Å². The molecule has 0 saturated carbocycles. The van der Waals surface area contributed by atoms with Gasteiger partial charge in [-0.15, -0.1) is 0 Å². The first-order valence-electron chi connectivity index (χ1n) is 9.16. The number of benzene rings is 2. The molecule has 4 nitrogen and oxygen atoms in total. The summed E-state index contributed by atoms with van der Waals surface area (Å²) >= 11 is 13.1. The lowest BCUT2D eigenvalue weighted by Gasteiger charge is -2.24. The van der Waals surface area contributed by atoms with Gasteiger partial charge in [0.15, 0.2) is 0 Å². The van der Waals surface area contributed by atoms with Gasteiger partial charge < -0.3 is 10.4 Å². The summed E-state index contributed by atoms with van der Waals surface area (Å²) in [5.41, 5.74) is 3.71. The smallest absolute Gasteiger partial charge is 0.147 e. The van der Waals surface area contributed by atoms with Crippen LogP contribution in [0.15, 0.2) is 60.8 Å². The standard InChI is InChI=1S/C23H19Cl2N3O/c1-13-10-11-26-19(12-13)28-22(20-17(24)4-3-5-18(20)25)16-9-8-15-7-6-14(2)27-21(15)23(16)29/h3-12,22,29H,1-2H3,(H,26,28). The summed E-state index contributed by atoms with van der Waals surface area (Å²) in [6.07, 6.45) is 1.73. The minimum atomic E-state index is -0.516. The molecule has 2 N–H and O–H groups in total. The molecule has 146 valence electrons. The fraction of sp³-hybridized carbons (Fsp3) is 0.130. The molecule has 4 aromatic rings. The van der Waals surface area contributed by atoms with Crippen molar-refractivity contribution in [2.75, 3.05) is 5.32 Å². The number of hydrogen-bond donors (Lipinski definition) is 2. The van der Waals surface area contributed by atoms with Crippen molar-refractivity contribution in [1.82, 2.24) is 9.97 Å². The zero-order valence-electron chi connectivity index (χ0n) is 15.9. The minimum Gasteiger partial charge on any atom is -0.505 e. The number of anilines is 1. The summed E-state index contributed by atoms with van der Waals surface area (Å²) in [5, 5.41) is 16.4. The van der Waals surface area contributed by atoms with E-state index in [1.165, 1.54) is 0 Å². The van der Waals surface area contributed by atoms with Crippen molar-refractivity contribution in [3.8, 4) is 5.75 Å². The van der Waals surface area contributed by atoms with E-state index in [1.54, 1.807) is 24.4 Å². The van der Waals surface area contributed by atoms with Crippen molar-refractivity contribution in [2.24, 2.45) is 0 Å². The summed E-state index contributed by atoms with van der Waals surface area (Å²) in [5.74, 6) is 0.745. The van der Waals surface area contributed by atoms with E-state index < -0.39 is 6.04 Å². The molecule has 6 heteroatoms. The van der Waals surface area contributed by atoms with Crippen LogP contribution in [0.2, 0.25) is 10.0 Å². The number of hydrogen-bond acceptors (Lipinski definition) is 4. The van der Waals surface area contributed by atoms with E-state index in [4.69, 9.17) is 23.2 Å². The van der Waals surface area contributed by atoms with Gasteiger partial charge in [-0.3, -0.25) is 0 Å². The van der Waals surface area contributed by atoms with E-state index in [1.807, 2.05) is 50.2 Å². The highest BCUT2D eigenvalue weighted by Gasteiger charge is 2.24. The fourth-order valence-corrected chi connectivity index (χ4v) is 3.99. The number of aromatic hydroxyl groups is 1. The fourth-order valence-electron chi connectivity index (χ4n) is 3.37. The molecule has 2 aromatic carbocycles. The molecule has 0 bridgehead atoms. The lowest BCUT2D eigenvalue weighted by atomic mass is 9.96. The number of phenolic OH excluding ortho intramolecular Hbond substituents is 1. The first kappa shape index (κ1) is 19.5. The van der Waals surface area contributed by atoms with Crippen molar-refractivity contribution in [3.05, 3.63) is 93.2 Å². The number of phenols is 1. The number of pyridine rings is 2. The van der Waals surface area contributed by atoms with Crippen LogP contribution in [-0.4, -0.2) is 15.1 Å². The molecule has 0 amide bonds. The Bertz CT molecular complexity index is 1190. The van der Waals surface area contributed by atoms with Crippen LogP contribution >= 0.6 is 23.2 Å². The van der Waals surface area contributed by atoms with Gasteiger partial charge in [0, 0.05) is 38.4 Å². The Labute approximate surface area is 179 Å². The number of nitrogens with zero attached hydrogens (tertiary/aromatic N) is 2. The lowest BCUT2D eigenvalue weighted by Crippen LogP contribution is -2.15. The van der Waals surface area contributed by atoms with Gasteiger partial charge >= 0.3 is 0 Å². The maximum absolute atomic E-state index is 11.1. The first-order chi connectivity index (χ1) is 13.9. The Morgan fingerprint density at radius 3 is 2.41 bits per heavy atom. The quantitative estimate of drug-likeness (QED) is 0.395. The van der Waals surface area contributed by atoms with Gasteiger partial charge in [-0.2, -0.15) is 0 Å². The molecular weight excluding hydrogens is 405 g/mol. The normalized spacial score (nSPS) is 12.1. The molecule has 2 aromatic heterocycles. The largest absolute Gasteiger partial charge is 0.505 e. The zero-order chi connectivity index (χ0) is 20.5. The van der Waals surface area contributed by atoms with Gasteiger partial charge in [0.25, 0.3) is 0 Å². The van der Waals surface area contributed by atoms with E-state index >= 15 is 0 Å². The second kappa shape index (κ2) is 7.90. The Kier molecular flexibility index (Phi) is 5.31. The van der Waals surface area contributed by atoms with Crippen LogP contribution in [0, 0.1) is 13.8 Å². The molecule has 4 rings (SSSR count). The molecular formula is C23H19Cl2N3O. The average Bonchev–Trinajstić information content (AvgIpc) is 2.68. The highest BCUT2D eigenvalue weighted by Crippen LogP contribution is 2.41. The van der Waals surface area contributed by atoms with E-state index in [9.17, 15) is 5.11 Å². The molecule has 2 heterocycles. The summed E-state index contributed by atoms with van der Waals surface area (Å²) < 4.78 is 0. The van der Waals surface area contributed by atoms with Crippen LogP contribution in [0.4, 0.5) is 5.82 Å². The highest BCUT2D eigenvalue weighted by molar-refractivity contribution is 6.36. The molecule has 0 aliphatic heterocycles. The van der Waals surface area contributed by atoms with Gasteiger partial charge in [0.05, 0.1) is 6.04 Å². The molecule has 0 radical (unpaired) electrons. The molecule has 0 aliphatic carbocycles. The highest BCUT2D eigenvalue weighted by atomic mass is 35.5. The summed E-state index contributed by atoms with van der Waals surface area (Å²) in [6.45, 7) is 3.88. The topological polar surface area (TPSA) is 58.0 Å². The van der Waals surface area contributed by atoms with Crippen LogP contribution in [0.1, 0.15) is 28.4 Å². The molecule has 1 atom stereocenters. The summed E-state index contributed by atoms with van der Waals surface area (Å²) in [6, 6.07) is 16.3. The Morgan fingerprint density at radius 1 is 0.966 bits per heavy atom. The Hall–Kier alpha value is -2.82. The molecule has 0 fully saturated rings. The van der Waals surface area contributed by atoms with Crippen LogP contribution in [0.25, 0.3) is 10.9 Å². The van der Waals surface area contributed by atoms with Crippen molar-refractivity contribution in [2.45, 2.75) is 19.9 Å². The third kappa shape index (κ3) is 3.86. The third-order valence-electron chi connectivity index (χ3n) is 4.81. The number of rotatable bonds is 4. The zero-order valence-corrected chi connectivity index (χ0v) is 17.5. The van der Waals surface area contributed by atoms with Crippen LogP contribution in [-0.2, 0) is 0 Å². The van der Waals surface area contributed by atoms with E-state index in [2.05, 4.69) is 15.3 Å². The molecule has 0 spiro atoms. The maximum atomic E-state index is 11.1. The third-order valence-corrected chi connectivity index (χ3v) is 5.47. The van der Waals surface area contributed by atoms with Gasteiger partial charge in [-0.25, -0.2) is 9.97 Å². The van der Waals surface area contributed by atoms with E-state index in [0.29, 0.717) is 32.5 Å². The van der Waals surface area contributed by atoms with Crippen LogP contribution in [0.3, 0.4) is 0 Å². The molecule has 0 aliphatic rings. The van der Waals surface area contributed by atoms with Crippen molar-refractivity contribution < 1.29 is 5.11 Å². The number of nitrogens with one attached hydrogen (secondary N) is 1. The number of halogens is 2. The SMILES string of the molecule is Cc1ccnc(NC(c2ccc3ccc(C)nc3c2O)c2c(Cl)cccc2Cl)c1. The maximum Gasteiger partial charge on any atom is 0.147 e. The predicted octanol–water partition coefficient (Wildman–Crippen LogP) is 6.46. The van der Waals surface area contributed by atoms with Gasteiger partial charge in [0.1, 0.15) is 17.1 Å². The monoisotopic (exact) mass is 423 g/mol. The van der Waals surface area contributed by atoms with Crippen molar-refractivity contribution in [1.29, 1.82) is 0 Å². The van der Waals surface area contributed by atoms with Crippen molar-refractivity contribution >= 4 is 39.9 Å². The molecule has 29 heavy (non-hydrogen) atoms. The average molecular weight is 424 g/mol. The van der Waals surface area contributed by atoms with Crippen molar-refractivity contribution in [3.63, 3.8) is 0 Å². The Morgan fingerprint density at radius 2 is 1.69 bits per heavy atom. The Balaban J connectivity index is 1.93. The van der Waals surface area contributed by atoms with Gasteiger partial charge in [-0.05, 0) is 49.7 Å².